The maximum Gasteiger partial charge on any atom is 0.241 e. The molecule has 4 nitrogen and oxygen atoms in total. The van der Waals surface area contributed by atoms with E-state index in [1.807, 2.05) is 37.3 Å². The monoisotopic (exact) mass is 354 g/mol. The quantitative estimate of drug-likeness (QED) is 0.798. The number of halogens is 1. The number of ketones is 1. The van der Waals surface area contributed by atoms with Crippen LogP contribution in [0.3, 0.4) is 0 Å². The van der Waals surface area contributed by atoms with Crippen molar-refractivity contribution in [2.75, 3.05) is 25.0 Å². The van der Waals surface area contributed by atoms with Gasteiger partial charge in [-0.25, -0.2) is 4.39 Å². The second-order valence-corrected chi connectivity index (χ2v) is 6.60. The highest BCUT2D eigenvalue weighted by Gasteiger charge is 2.27. The van der Waals surface area contributed by atoms with Crippen LogP contribution in [0.5, 0.6) is 0 Å². The molecule has 0 spiro atoms. The zero-order valence-corrected chi connectivity index (χ0v) is 15.2. The molecule has 0 unspecified atom stereocenters. The van der Waals surface area contributed by atoms with E-state index < -0.39 is 0 Å². The molecule has 0 heterocycles. The molecule has 1 amide bonds. The lowest BCUT2D eigenvalue weighted by atomic mass is 10.1. The number of nitrogens with zero attached hydrogens (tertiary/aromatic N) is 2. The fraction of sp³-hybridized carbons (Fsp3) is 0.333. The number of fused-ring (bicyclic) bond motifs is 1. The summed E-state index contributed by atoms with van der Waals surface area (Å²) in [4.78, 5) is 27.7. The van der Waals surface area contributed by atoms with E-state index in [0.717, 1.165) is 5.56 Å². The Morgan fingerprint density at radius 1 is 1.12 bits per heavy atom. The van der Waals surface area contributed by atoms with Gasteiger partial charge in [0, 0.05) is 37.7 Å². The van der Waals surface area contributed by atoms with Crippen molar-refractivity contribution in [3.8, 4) is 0 Å². The molecule has 0 saturated carbocycles. The first-order valence-electron chi connectivity index (χ1n) is 8.88. The summed E-state index contributed by atoms with van der Waals surface area (Å²) in [7, 11) is 1.74. The topological polar surface area (TPSA) is 40.6 Å². The van der Waals surface area contributed by atoms with E-state index in [1.54, 1.807) is 29.0 Å². The maximum absolute atomic E-state index is 15.1. The van der Waals surface area contributed by atoms with Gasteiger partial charge in [-0.3, -0.25) is 9.59 Å². The lowest BCUT2D eigenvalue weighted by Gasteiger charge is -2.27. The molecular formula is C21H23FN2O2. The third kappa shape index (κ3) is 3.62. The molecule has 0 fully saturated rings. The summed E-state index contributed by atoms with van der Waals surface area (Å²) in [5, 5.41) is 0. The maximum atomic E-state index is 15.1. The summed E-state index contributed by atoms with van der Waals surface area (Å²) in [6.07, 6.45) is 0.779. The fourth-order valence-electron chi connectivity index (χ4n) is 3.22. The third-order valence-corrected chi connectivity index (χ3v) is 4.91. The molecule has 1 aliphatic carbocycles. The van der Waals surface area contributed by atoms with Crippen molar-refractivity contribution in [1.29, 1.82) is 0 Å². The van der Waals surface area contributed by atoms with E-state index in [2.05, 4.69) is 0 Å². The summed E-state index contributed by atoms with van der Waals surface area (Å²) >= 11 is 0. The summed E-state index contributed by atoms with van der Waals surface area (Å²) < 4.78 is 15.1. The SMILES string of the molecule is CCN(C)C(=O)CN(Cc1ccccc1)c1ccc2c(c1F)CCC2=O. The van der Waals surface area contributed by atoms with Crippen molar-refractivity contribution in [3.63, 3.8) is 0 Å². The lowest BCUT2D eigenvalue weighted by Crippen LogP contribution is -2.38. The van der Waals surface area contributed by atoms with Crippen molar-refractivity contribution in [2.45, 2.75) is 26.3 Å². The molecular weight excluding hydrogens is 331 g/mol. The number of amides is 1. The van der Waals surface area contributed by atoms with Crippen LogP contribution in [-0.2, 0) is 17.8 Å². The number of benzene rings is 2. The van der Waals surface area contributed by atoms with Crippen molar-refractivity contribution in [3.05, 3.63) is 65.0 Å². The molecule has 0 aliphatic heterocycles. The van der Waals surface area contributed by atoms with E-state index >= 15 is 4.39 Å². The minimum absolute atomic E-state index is 0.0122. The lowest BCUT2D eigenvalue weighted by molar-refractivity contribution is -0.128. The number of carbonyl (C=O) groups is 2. The van der Waals surface area contributed by atoms with Crippen LogP contribution >= 0.6 is 0 Å². The molecule has 3 rings (SSSR count). The Kier molecular flexibility index (Phi) is 5.35. The van der Waals surface area contributed by atoms with Gasteiger partial charge in [0.25, 0.3) is 0 Å². The van der Waals surface area contributed by atoms with Crippen molar-refractivity contribution < 1.29 is 14.0 Å². The molecule has 1 aliphatic rings. The number of hydrogen-bond donors (Lipinski definition) is 0. The molecule has 0 N–H and O–H groups in total. The van der Waals surface area contributed by atoms with Gasteiger partial charge in [0.05, 0.1) is 12.2 Å². The summed E-state index contributed by atoms with van der Waals surface area (Å²) in [5.74, 6) is -0.461. The zero-order valence-electron chi connectivity index (χ0n) is 15.2. The van der Waals surface area contributed by atoms with Crippen LogP contribution in [0.4, 0.5) is 10.1 Å². The zero-order chi connectivity index (χ0) is 18.7. The van der Waals surface area contributed by atoms with Crippen molar-refractivity contribution in [1.82, 2.24) is 4.90 Å². The van der Waals surface area contributed by atoms with Crippen LogP contribution in [0.1, 0.15) is 34.8 Å². The highest BCUT2D eigenvalue weighted by Crippen LogP contribution is 2.32. The Bertz CT molecular complexity index is 820. The van der Waals surface area contributed by atoms with Gasteiger partial charge in [0.1, 0.15) is 5.82 Å². The Hall–Kier alpha value is -2.69. The van der Waals surface area contributed by atoms with Crippen LogP contribution in [0, 0.1) is 5.82 Å². The molecule has 0 saturated heterocycles. The summed E-state index contributed by atoms with van der Waals surface area (Å²) in [6, 6.07) is 13.0. The number of rotatable bonds is 6. The van der Waals surface area contributed by atoms with E-state index in [4.69, 9.17) is 0 Å². The van der Waals surface area contributed by atoms with E-state index in [-0.39, 0.29) is 24.1 Å². The second kappa shape index (κ2) is 7.68. The van der Waals surface area contributed by atoms with Crippen LogP contribution in [-0.4, -0.2) is 36.7 Å². The Morgan fingerprint density at radius 3 is 2.54 bits per heavy atom. The first-order valence-corrected chi connectivity index (χ1v) is 8.88. The van der Waals surface area contributed by atoms with Crippen molar-refractivity contribution >= 4 is 17.4 Å². The fourth-order valence-corrected chi connectivity index (χ4v) is 3.22. The second-order valence-electron chi connectivity index (χ2n) is 6.60. The van der Waals surface area contributed by atoms with E-state index in [1.165, 1.54) is 0 Å². The van der Waals surface area contributed by atoms with Crippen LogP contribution in [0.25, 0.3) is 0 Å². The third-order valence-electron chi connectivity index (χ3n) is 4.91. The normalized spacial score (nSPS) is 12.8. The summed E-state index contributed by atoms with van der Waals surface area (Å²) in [6.45, 7) is 3.01. The van der Waals surface area contributed by atoms with Gasteiger partial charge in [-0.1, -0.05) is 30.3 Å². The van der Waals surface area contributed by atoms with Gasteiger partial charge in [-0.2, -0.15) is 0 Å². The minimum atomic E-state index is -0.378. The van der Waals surface area contributed by atoms with Gasteiger partial charge in [0.2, 0.25) is 5.91 Å². The predicted molar refractivity (Wildman–Crippen MR) is 99.9 cm³/mol. The molecule has 0 aromatic heterocycles. The average molecular weight is 354 g/mol. The standard InChI is InChI=1S/C21H23FN2O2/c1-3-23(2)20(26)14-24(13-15-7-5-4-6-8-15)18-11-9-16-17(21(18)22)10-12-19(16)25/h4-9,11H,3,10,12-14H2,1-2H3. The smallest absolute Gasteiger partial charge is 0.241 e. The van der Waals surface area contributed by atoms with E-state index in [9.17, 15) is 9.59 Å². The molecule has 2 aromatic carbocycles. The van der Waals surface area contributed by atoms with Gasteiger partial charge in [0.15, 0.2) is 5.78 Å². The molecule has 26 heavy (non-hydrogen) atoms. The highest BCUT2D eigenvalue weighted by atomic mass is 19.1. The Labute approximate surface area is 153 Å². The van der Waals surface area contributed by atoms with Crippen LogP contribution in [0.2, 0.25) is 0 Å². The first kappa shape index (κ1) is 18.1. The Morgan fingerprint density at radius 2 is 1.85 bits per heavy atom. The molecule has 5 heteroatoms. The molecule has 0 bridgehead atoms. The molecule has 2 aromatic rings. The van der Waals surface area contributed by atoms with Gasteiger partial charge in [-0.05, 0) is 31.0 Å². The number of Topliss-reactive ketones (excluding diaryl/α,β-unsaturated/α-hetero) is 1. The number of likely N-dealkylation sites (N-methyl/N-ethyl adjacent to an activating group) is 1. The number of hydrogen-bond acceptors (Lipinski definition) is 3. The largest absolute Gasteiger partial charge is 0.356 e. The predicted octanol–water partition coefficient (Wildman–Crippen LogP) is 3.44. The summed E-state index contributed by atoms with van der Waals surface area (Å²) in [5.41, 5.74) is 2.32. The number of anilines is 1. The first-order chi connectivity index (χ1) is 12.5. The van der Waals surface area contributed by atoms with Gasteiger partial charge < -0.3 is 9.80 Å². The average Bonchev–Trinajstić information content (AvgIpc) is 3.03. The molecule has 136 valence electrons. The highest BCUT2D eigenvalue weighted by molar-refractivity contribution is 6.01. The van der Waals surface area contributed by atoms with Gasteiger partial charge >= 0.3 is 0 Å². The van der Waals surface area contributed by atoms with Crippen molar-refractivity contribution in [2.24, 2.45) is 0 Å². The molecule has 0 atom stereocenters. The Balaban J connectivity index is 1.95. The van der Waals surface area contributed by atoms with E-state index in [0.29, 0.717) is 42.7 Å². The molecule has 0 radical (unpaired) electrons. The van der Waals surface area contributed by atoms with Crippen LogP contribution in [0.15, 0.2) is 42.5 Å². The van der Waals surface area contributed by atoms with Gasteiger partial charge in [-0.15, -0.1) is 0 Å². The van der Waals surface area contributed by atoms with Crippen LogP contribution < -0.4 is 4.90 Å². The minimum Gasteiger partial charge on any atom is -0.356 e. The number of carbonyl (C=O) groups excluding carboxylic acids is 2.